The zero-order valence-electron chi connectivity index (χ0n) is 18.9. The summed E-state index contributed by atoms with van der Waals surface area (Å²) in [5.41, 5.74) is 1.92. The van der Waals surface area contributed by atoms with Crippen molar-refractivity contribution in [3.63, 3.8) is 0 Å². The smallest absolute Gasteiger partial charge is 0.303 e. The second kappa shape index (κ2) is 8.36. The van der Waals surface area contributed by atoms with Crippen molar-refractivity contribution in [1.82, 2.24) is 10.2 Å². The summed E-state index contributed by atoms with van der Waals surface area (Å²) in [6.45, 7) is 2.23. The zero-order chi connectivity index (χ0) is 24.0. The molecule has 1 spiro atoms. The van der Waals surface area contributed by atoms with Crippen molar-refractivity contribution in [3.05, 3.63) is 65.2 Å². The molecule has 8 heteroatoms. The van der Waals surface area contributed by atoms with Crippen LogP contribution in [0.3, 0.4) is 0 Å². The number of fused-ring (bicyclic) bond motifs is 4. The molecule has 8 nitrogen and oxygen atoms in total. The topological polar surface area (TPSA) is 116 Å². The molecule has 0 unspecified atom stereocenters. The second-order valence-electron chi connectivity index (χ2n) is 9.25. The summed E-state index contributed by atoms with van der Waals surface area (Å²) >= 11 is 0. The van der Waals surface area contributed by atoms with Crippen LogP contribution in [0.15, 0.2) is 48.5 Å². The Morgan fingerprint density at radius 1 is 1.06 bits per heavy atom. The number of hydrogen-bond acceptors (Lipinski definition) is 5. The number of hydrogen-bond donors (Lipinski definition) is 3. The third kappa shape index (κ3) is 3.32. The van der Waals surface area contributed by atoms with Crippen LogP contribution in [0.5, 0.6) is 0 Å². The van der Waals surface area contributed by atoms with Crippen molar-refractivity contribution < 1.29 is 24.3 Å². The van der Waals surface area contributed by atoms with Gasteiger partial charge in [0.05, 0.1) is 11.8 Å². The summed E-state index contributed by atoms with van der Waals surface area (Å²) in [6.07, 6.45) is 1.26. The van der Waals surface area contributed by atoms with Crippen molar-refractivity contribution in [2.75, 3.05) is 11.9 Å². The van der Waals surface area contributed by atoms with Crippen LogP contribution in [-0.4, -0.2) is 46.3 Å². The van der Waals surface area contributed by atoms with Crippen LogP contribution in [0.4, 0.5) is 5.69 Å². The van der Waals surface area contributed by atoms with E-state index in [9.17, 15) is 24.3 Å². The maximum Gasteiger partial charge on any atom is 0.303 e. The molecule has 0 saturated carbocycles. The monoisotopic (exact) mass is 461 g/mol. The van der Waals surface area contributed by atoms with Gasteiger partial charge in [-0.2, -0.15) is 0 Å². The minimum absolute atomic E-state index is 0.153. The molecule has 0 radical (unpaired) electrons. The Morgan fingerprint density at radius 3 is 2.53 bits per heavy atom. The van der Waals surface area contributed by atoms with Gasteiger partial charge in [0, 0.05) is 30.3 Å². The van der Waals surface area contributed by atoms with E-state index in [1.807, 2.05) is 55.5 Å². The number of amides is 3. The van der Waals surface area contributed by atoms with Crippen molar-refractivity contribution in [3.8, 4) is 0 Å². The third-order valence-electron chi connectivity index (χ3n) is 7.41. The molecule has 3 amide bonds. The fourth-order valence-electron chi connectivity index (χ4n) is 5.76. The molecule has 2 fully saturated rings. The Balaban J connectivity index is 1.54. The van der Waals surface area contributed by atoms with Gasteiger partial charge in [-0.25, -0.2) is 0 Å². The Morgan fingerprint density at radius 2 is 1.82 bits per heavy atom. The number of aryl methyl sites for hydroxylation is 1. The lowest BCUT2D eigenvalue weighted by Crippen LogP contribution is -2.53. The molecule has 176 valence electrons. The summed E-state index contributed by atoms with van der Waals surface area (Å²) in [5, 5.41) is 15.4. The highest BCUT2D eigenvalue weighted by molar-refractivity contribution is 6.15. The maximum absolute atomic E-state index is 13.7. The highest BCUT2D eigenvalue weighted by Gasteiger charge is 2.70. The predicted molar refractivity (Wildman–Crippen MR) is 124 cm³/mol. The normalized spacial score (nSPS) is 27.3. The number of carboxylic acid groups (broad SMARTS) is 1. The van der Waals surface area contributed by atoms with Gasteiger partial charge < -0.3 is 10.4 Å². The average molecular weight is 462 g/mol. The van der Waals surface area contributed by atoms with Gasteiger partial charge >= 0.3 is 5.97 Å². The summed E-state index contributed by atoms with van der Waals surface area (Å²) < 4.78 is 0. The number of anilines is 1. The SMILES string of the molecule is CCc1ccc2c(c1)[C@]1(N[C@@H](CCC(=O)O)[C@H]3C(=O)N(CCc4ccccc4)C(=O)[C@@H]31)C(=O)N2. The fourth-order valence-corrected chi connectivity index (χ4v) is 5.76. The van der Waals surface area contributed by atoms with E-state index in [2.05, 4.69) is 10.6 Å². The molecule has 3 aliphatic rings. The Bertz CT molecular complexity index is 1180. The van der Waals surface area contributed by atoms with Gasteiger partial charge in [0.1, 0.15) is 5.54 Å². The number of imide groups is 1. The molecule has 3 aliphatic heterocycles. The first kappa shape index (κ1) is 22.3. The van der Waals surface area contributed by atoms with E-state index in [0.717, 1.165) is 17.5 Å². The predicted octanol–water partition coefficient (Wildman–Crippen LogP) is 2.08. The summed E-state index contributed by atoms with van der Waals surface area (Å²) in [7, 11) is 0. The van der Waals surface area contributed by atoms with Crippen LogP contribution >= 0.6 is 0 Å². The van der Waals surface area contributed by atoms with Crippen LogP contribution in [0.2, 0.25) is 0 Å². The van der Waals surface area contributed by atoms with Crippen molar-refractivity contribution >= 4 is 29.4 Å². The van der Waals surface area contributed by atoms with Gasteiger partial charge in [-0.1, -0.05) is 49.4 Å². The number of carbonyl (C=O) groups excluding carboxylic acids is 3. The van der Waals surface area contributed by atoms with E-state index in [0.29, 0.717) is 17.7 Å². The quantitative estimate of drug-likeness (QED) is 0.544. The zero-order valence-corrected chi connectivity index (χ0v) is 18.9. The highest BCUT2D eigenvalue weighted by Crippen LogP contribution is 2.53. The molecule has 3 N–H and O–H groups in total. The Labute approximate surface area is 197 Å². The number of likely N-dealkylation sites (tertiary alicyclic amines) is 1. The minimum atomic E-state index is -1.39. The van der Waals surface area contributed by atoms with Crippen molar-refractivity contribution in [2.45, 2.75) is 44.2 Å². The lowest BCUT2D eigenvalue weighted by molar-refractivity contribution is -0.143. The summed E-state index contributed by atoms with van der Waals surface area (Å²) in [4.78, 5) is 53.3. The Kier molecular flexibility index (Phi) is 5.48. The van der Waals surface area contributed by atoms with Crippen LogP contribution in [0, 0.1) is 11.8 Å². The number of carboxylic acids is 1. The maximum atomic E-state index is 13.7. The molecule has 2 aromatic carbocycles. The van der Waals surface area contributed by atoms with E-state index in [-0.39, 0.29) is 37.1 Å². The van der Waals surface area contributed by atoms with Gasteiger partial charge in [-0.15, -0.1) is 0 Å². The molecule has 34 heavy (non-hydrogen) atoms. The number of nitrogens with zero attached hydrogens (tertiary/aromatic N) is 1. The Hall–Kier alpha value is -3.52. The van der Waals surface area contributed by atoms with Crippen LogP contribution in [0.1, 0.15) is 36.5 Å². The van der Waals surface area contributed by atoms with Gasteiger partial charge in [-0.05, 0) is 36.5 Å². The third-order valence-corrected chi connectivity index (χ3v) is 7.41. The van der Waals surface area contributed by atoms with Crippen molar-refractivity contribution in [1.29, 1.82) is 0 Å². The van der Waals surface area contributed by atoms with Crippen molar-refractivity contribution in [2.24, 2.45) is 11.8 Å². The summed E-state index contributed by atoms with van der Waals surface area (Å²) in [6, 6.07) is 14.7. The molecule has 5 rings (SSSR count). The first-order chi connectivity index (χ1) is 16.4. The van der Waals surface area contributed by atoms with E-state index >= 15 is 0 Å². The number of nitrogens with one attached hydrogen (secondary N) is 2. The largest absolute Gasteiger partial charge is 0.481 e. The average Bonchev–Trinajstić information content (AvgIpc) is 3.41. The number of aliphatic carboxylic acids is 1. The molecule has 0 aromatic heterocycles. The fraction of sp³-hybridized carbons (Fsp3) is 0.385. The first-order valence-electron chi connectivity index (χ1n) is 11.7. The van der Waals surface area contributed by atoms with E-state index < -0.39 is 29.4 Å². The van der Waals surface area contributed by atoms with E-state index in [4.69, 9.17) is 0 Å². The molecule has 0 bridgehead atoms. The second-order valence-corrected chi connectivity index (χ2v) is 9.25. The van der Waals surface area contributed by atoms with Gasteiger partial charge in [0.2, 0.25) is 17.7 Å². The van der Waals surface area contributed by atoms with Crippen LogP contribution in [-0.2, 0) is 37.6 Å². The highest BCUT2D eigenvalue weighted by atomic mass is 16.4. The molecule has 2 aromatic rings. The number of rotatable bonds is 7. The molecular formula is C26H27N3O5. The lowest BCUT2D eigenvalue weighted by atomic mass is 9.76. The van der Waals surface area contributed by atoms with E-state index in [1.165, 1.54) is 4.90 Å². The van der Waals surface area contributed by atoms with Gasteiger partial charge in [0.15, 0.2) is 0 Å². The number of carbonyl (C=O) groups is 4. The molecule has 0 aliphatic carbocycles. The van der Waals surface area contributed by atoms with Crippen LogP contribution in [0.25, 0.3) is 0 Å². The molecular weight excluding hydrogens is 434 g/mol. The standard InChI is InChI=1S/C26H27N3O5/c1-2-15-8-9-18-17(14-15)26(25(34)27-18)22-21(19(28-26)10-11-20(30)31)23(32)29(24(22)33)13-12-16-6-4-3-5-7-16/h3-9,14,19,21-22,28H,2,10-13H2,1H3,(H,27,34)(H,30,31)/t19-,21+,22+,26+/m0/s1. The van der Waals surface area contributed by atoms with Gasteiger partial charge in [-0.3, -0.25) is 29.4 Å². The summed E-state index contributed by atoms with van der Waals surface area (Å²) in [5.74, 6) is -3.76. The number of benzene rings is 2. The molecule has 2 saturated heterocycles. The van der Waals surface area contributed by atoms with Crippen LogP contribution < -0.4 is 10.6 Å². The minimum Gasteiger partial charge on any atom is -0.481 e. The molecule has 4 atom stereocenters. The molecule has 3 heterocycles. The van der Waals surface area contributed by atoms with E-state index in [1.54, 1.807) is 0 Å². The lowest BCUT2D eigenvalue weighted by Gasteiger charge is -2.29. The van der Waals surface area contributed by atoms with Gasteiger partial charge in [0.25, 0.3) is 0 Å². The first-order valence-corrected chi connectivity index (χ1v) is 11.7.